The molecule has 2 aliphatic rings. The highest BCUT2D eigenvalue weighted by Crippen LogP contribution is 2.51. The highest BCUT2D eigenvalue weighted by atomic mass is 19.4. The monoisotopic (exact) mass is 529 g/mol. The molecule has 8 heteroatoms. The summed E-state index contributed by atoms with van der Waals surface area (Å²) in [7, 11) is 0. The van der Waals surface area contributed by atoms with Crippen molar-refractivity contribution >= 4 is 5.91 Å². The van der Waals surface area contributed by atoms with Gasteiger partial charge in [-0.25, -0.2) is 8.78 Å². The van der Waals surface area contributed by atoms with Crippen LogP contribution >= 0.6 is 0 Å². The van der Waals surface area contributed by atoms with Crippen molar-refractivity contribution in [3.63, 3.8) is 0 Å². The van der Waals surface area contributed by atoms with Crippen LogP contribution in [0.15, 0.2) is 66.7 Å². The number of alkyl halides is 4. The van der Waals surface area contributed by atoms with Crippen molar-refractivity contribution in [2.24, 2.45) is 0 Å². The van der Waals surface area contributed by atoms with Crippen LogP contribution in [0.3, 0.4) is 0 Å². The molecule has 3 aromatic rings. The smallest absolute Gasteiger partial charge is 0.392 e. The van der Waals surface area contributed by atoms with Gasteiger partial charge in [-0.2, -0.15) is 13.2 Å². The molecular formula is C30H28F5NO2. The van der Waals surface area contributed by atoms with Gasteiger partial charge in [0.1, 0.15) is 5.82 Å². The van der Waals surface area contributed by atoms with Crippen LogP contribution in [0.4, 0.5) is 22.0 Å². The standard InChI is InChI=1S/C30H28F5NO2/c1-28(32,30(33,34)35)23-9-12-25-22(16-23)8-13-26-29(25,17-19-4-10-24(31)11-5-19)14-15-36(26)27(38)21-6-2-20(18-37)3-7-21/h2-7,9-12,16,26,37H,8,13-15,17-18H2,1H3/t26-,28?,29-/m1/s1. The summed E-state index contributed by atoms with van der Waals surface area (Å²) in [5, 5.41) is 9.33. The van der Waals surface area contributed by atoms with E-state index in [4.69, 9.17) is 0 Å². The van der Waals surface area contributed by atoms with Gasteiger partial charge in [-0.15, -0.1) is 0 Å². The van der Waals surface area contributed by atoms with Crippen LogP contribution in [0.2, 0.25) is 0 Å². The maximum atomic E-state index is 14.8. The number of benzene rings is 3. The Morgan fingerprint density at radius 2 is 1.66 bits per heavy atom. The van der Waals surface area contributed by atoms with Crippen molar-refractivity contribution in [3.05, 3.63) is 106 Å². The lowest BCUT2D eigenvalue weighted by molar-refractivity contribution is -0.228. The van der Waals surface area contributed by atoms with Crippen LogP contribution in [-0.4, -0.2) is 34.7 Å². The van der Waals surface area contributed by atoms with Crippen molar-refractivity contribution in [2.45, 2.75) is 62.5 Å². The molecule has 1 heterocycles. The lowest BCUT2D eigenvalue weighted by Gasteiger charge is -2.44. The normalized spacial score (nSPS) is 22.5. The number of hydrogen-bond donors (Lipinski definition) is 1. The number of hydrogen-bond acceptors (Lipinski definition) is 2. The molecule has 0 saturated carbocycles. The van der Waals surface area contributed by atoms with Crippen LogP contribution in [0.1, 0.15) is 57.9 Å². The zero-order valence-corrected chi connectivity index (χ0v) is 20.9. The summed E-state index contributed by atoms with van der Waals surface area (Å²) < 4.78 is 68.8. The van der Waals surface area contributed by atoms with E-state index >= 15 is 0 Å². The minimum Gasteiger partial charge on any atom is -0.392 e. The number of carbonyl (C=O) groups excluding carboxylic acids is 1. The minimum absolute atomic E-state index is 0.132. The Morgan fingerprint density at radius 1 is 1.00 bits per heavy atom. The third-order valence-corrected chi connectivity index (χ3v) is 8.29. The van der Waals surface area contributed by atoms with Gasteiger partial charge in [-0.1, -0.05) is 42.5 Å². The molecule has 3 aromatic carbocycles. The first kappa shape index (κ1) is 26.4. The van der Waals surface area contributed by atoms with Gasteiger partial charge in [-0.3, -0.25) is 4.79 Å². The van der Waals surface area contributed by atoms with Gasteiger partial charge < -0.3 is 10.0 Å². The second kappa shape index (κ2) is 9.49. The van der Waals surface area contributed by atoms with Crippen LogP contribution in [0, 0.1) is 5.82 Å². The van der Waals surface area contributed by atoms with Gasteiger partial charge in [0, 0.05) is 23.6 Å². The van der Waals surface area contributed by atoms with Crippen molar-refractivity contribution in [1.82, 2.24) is 4.90 Å². The summed E-state index contributed by atoms with van der Waals surface area (Å²) in [6.45, 7) is 0.844. The summed E-state index contributed by atoms with van der Waals surface area (Å²) in [6.07, 6.45) is -3.11. The Balaban J connectivity index is 1.56. The van der Waals surface area contributed by atoms with Gasteiger partial charge in [0.05, 0.1) is 6.61 Å². The predicted octanol–water partition coefficient (Wildman–Crippen LogP) is 6.41. The number of aryl methyl sites for hydroxylation is 1. The second-order valence-corrected chi connectivity index (χ2v) is 10.5. The first-order chi connectivity index (χ1) is 18.0. The fourth-order valence-corrected chi connectivity index (χ4v) is 6.15. The first-order valence-electron chi connectivity index (χ1n) is 12.6. The lowest BCUT2D eigenvalue weighted by Crippen LogP contribution is -2.49. The number of aliphatic hydroxyl groups excluding tert-OH is 1. The average Bonchev–Trinajstić information content (AvgIpc) is 3.28. The largest absolute Gasteiger partial charge is 0.426 e. The van der Waals surface area contributed by atoms with Crippen LogP contribution in [-0.2, 0) is 30.5 Å². The number of rotatable bonds is 5. The van der Waals surface area contributed by atoms with Crippen molar-refractivity contribution in [3.8, 4) is 0 Å². The zero-order chi connectivity index (χ0) is 27.3. The summed E-state index contributed by atoms with van der Waals surface area (Å²) in [5.41, 5.74) is -1.05. The van der Waals surface area contributed by atoms with E-state index < -0.39 is 22.8 Å². The Kier molecular flexibility index (Phi) is 6.58. The number of amides is 1. The molecule has 3 nitrogen and oxygen atoms in total. The molecule has 0 spiro atoms. The quantitative estimate of drug-likeness (QED) is 0.389. The van der Waals surface area contributed by atoms with Crippen LogP contribution < -0.4 is 0 Å². The number of fused-ring (bicyclic) bond motifs is 3. The van der Waals surface area contributed by atoms with E-state index in [1.807, 2.05) is 4.90 Å². The summed E-state index contributed by atoms with van der Waals surface area (Å²) in [6, 6.07) is 16.7. The van der Waals surface area contributed by atoms with E-state index in [0.717, 1.165) is 11.1 Å². The minimum atomic E-state index is -5.05. The molecule has 38 heavy (non-hydrogen) atoms. The summed E-state index contributed by atoms with van der Waals surface area (Å²) in [4.78, 5) is 15.4. The van der Waals surface area contributed by atoms with Crippen molar-refractivity contribution in [2.75, 3.05) is 6.54 Å². The number of carbonyl (C=O) groups is 1. The fourth-order valence-electron chi connectivity index (χ4n) is 6.15. The second-order valence-electron chi connectivity index (χ2n) is 10.5. The van der Waals surface area contributed by atoms with E-state index in [-0.39, 0.29) is 24.4 Å². The highest BCUT2D eigenvalue weighted by Gasteiger charge is 2.55. The SMILES string of the molecule is CC(F)(c1ccc2c(c1)CC[C@H]1N(C(=O)c3ccc(CO)cc3)CC[C@@]21Cc1ccc(F)cc1)C(F)(F)F. The summed E-state index contributed by atoms with van der Waals surface area (Å²) in [5.74, 6) is -0.533. The third kappa shape index (κ3) is 4.38. The average molecular weight is 530 g/mol. The molecule has 1 unspecified atom stereocenters. The topological polar surface area (TPSA) is 40.5 Å². The van der Waals surface area contributed by atoms with E-state index in [9.17, 15) is 31.9 Å². The third-order valence-electron chi connectivity index (χ3n) is 8.29. The first-order valence-corrected chi connectivity index (χ1v) is 12.6. The van der Waals surface area contributed by atoms with Crippen LogP contribution in [0.25, 0.3) is 0 Å². The van der Waals surface area contributed by atoms with Crippen LogP contribution in [0.5, 0.6) is 0 Å². The molecule has 0 radical (unpaired) electrons. The van der Waals surface area contributed by atoms with Gasteiger partial charge in [0.2, 0.25) is 5.67 Å². The van der Waals surface area contributed by atoms with E-state index in [1.54, 1.807) is 42.5 Å². The Hall–Kier alpha value is -3.26. The highest BCUT2D eigenvalue weighted by molar-refractivity contribution is 5.95. The van der Waals surface area contributed by atoms with E-state index in [0.29, 0.717) is 55.8 Å². The molecule has 0 bridgehead atoms. The molecule has 0 aromatic heterocycles. The molecule has 1 amide bonds. The Morgan fingerprint density at radius 3 is 2.29 bits per heavy atom. The number of likely N-dealkylation sites (tertiary alicyclic amines) is 1. The molecule has 200 valence electrons. The zero-order valence-electron chi connectivity index (χ0n) is 20.9. The Labute approximate surface area is 217 Å². The number of aliphatic hydroxyl groups is 1. The molecule has 1 aliphatic carbocycles. The maximum absolute atomic E-state index is 14.8. The Bertz CT molecular complexity index is 1330. The van der Waals surface area contributed by atoms with Gasteiger partial charge in [0.15, 0.2) is 0 Å². The molecule has 1 fully saturated rings. The maximum Gasteiger partial charge on any atom is 0.426 e. The molecule has 3 atom stereocenters. The number of halogens is 5. The molecule has 1 N–H and O–H groups in total. The lowest BCUT2D eigenvalue weighted by atomic mass is 9.63. The molecule has 1 saturated heterocycles. The van der Waals surface area contributed by atoms with Gasteiger partial charge >= 0.3 is 6.18 Å². The molecular weight excluding hydrogens is 501 g/mol. The molecule has 5 rings (SSSR count). The number of nitrogens with zero attached hydrogens (tertiary/aromatic N) is 1. The van der Waals surface area contributed by atoms with E-state index in [2.05, 4.69) is 0 Å². The van der Waals surface area contributed by atoms with E-state index in [1.165, 1.54) is 24.3 Å². The predicted molar refractivity (Wildman–Crippen MR) is 133 cm³/mol. The molecule has 1 aliphatic heterocycles. The fraction of sp³-hybridized carbons (Fsp3) is 0.367. The summed E-state index contributed by atoms with van der Waals surface area (Å²) >= 11 is 0. The van der Waals surface area contributed by atoms with Gasteiger partial charge in [-0.05, 0) is 84.7 Å². The van der Waals surface area contributed by atoms with Gasteiger partial charge in [0.25, 0.3) is 5.91 Å². The van der Waals surface area contributed by atoms with Crippen molar-refractivity contribution < 1.29 is 31.9 Å². The van der Waals surface area contributed by atoms with Crippen molar-refractivity contribution in [1.29, 1.82) is 0 Å².